The Balaban J connectivity index is 1.45. The van der Waals surface area contributed by atoms with Crippen molar-refractivity contribution in [2.45, 2.75) is 135 Å². The van der Waals surface area contributed by atoms with Crippen LogP contribution < -0.4 is 24.8 Å². The number of hydrogen-bond donors (Lipinski definition) is 3. The molecule has 0 spiro atoms. The van der Waals surface area contributed by atoms with Crippen LogP contribution in [0.25, 0.3) is 10.8 Å². The molecular formula is C38H55N5O10S. The number of alkyl carbamates (subject to hydrolysis) is 1. The van der Waals surface area contributed by atoms with E-state index in [9.17, 15) is 27.6 Å². The zero-order valence-electron chi connectivity index (χ0n) is 32.7. The molecule has 2 saturated carbocycles. The Labute approximate surface area is 317 Å². The Morgan fingerprint density at radius 3 is 2.33 bits per heavy atom. The number of hydrogen-bond acceptors (Lipinski definition) is 11. The van der Waals surface area contributed by atoms with Gasteiger partial charge in [-0.15, -0.1) is 0 Å². The number of carbonyl (C=O) groups excluding carboxylic acids is 4. The summed E-state index contributed by atoms with van der Waals surface area (Å²) < 4.78 is 50.7. The number of carbonyl (C=O) groups is 4. The van der Waals surface area contributed by atoms with E-state index in [1.165, 1.54) is 4.90 Å². The Morgan fingerprint density at radius 1 is 1.06 bits per heavy atom. The average Bonchev–Trinajstić information content (AvgIpc) is 3.52. The van der Waals surface area contributed by atoms with Crippen molar-refractivity contribution in [3.8, 4) is 11.6 Å². The highest BCUT2D eigenvalue weighted by Crippen LogP contribution is 2.44. The first-order chi connectivity index (χ1) is 25.1. The van der Waals surface area contributed by atoms with Gasteiger partial charge in [0.05, 0.1) is 19.3 Å². The summed E-state index contributed by atoms with van der Waals surface area (Å²) in [5, 5.41) is 7.09. The second-order valence-electron chi connectivity index (χ2n) is 17.1. The van der Waals surface area contributed by atoms with Crippen molar-refractivity contribution in [2.75, 3.05) is 13.7 Å². The number of nitrogens with zero attached hydrogens (tertiary/aromatic N) is 2. The summed E-state index contributed by atoms with van der Waals surface area (Å²) >= 11 is 0. The van der Waals surface area contributed by atoms with E-state index >= 15 is 0 Å². The van der Waals surface area contributed by atoms with Crippen LogP contribution in [0.1, 0.15) is 100 Å². The third-order valence-electron chi connectivity index (χ3n) is 10.3. The molecule has 16 heteroatoms. The van der Waals surface area contributed by atoms with Crippen molar-refractivity contribution in [1.82, 2.24) is 25.2 Å². The van der Waals surface area contributed by atoms with Gasteiger partial charge in [0.25, 0.3) is 5.91 Å². The lowest BCUT2D eigenvalue weighted by Crippen LogP contribution is -2.63. The number of amides is 4. The lowest BCUT2D eigenvalue weighted by Gasteiger charge is -2.36. The van der Waals surface area contributed by atoms with Gasteiger partial charge in [-0.2, -0.15) is 8.42 Å². The van der Waals surface area contributed by atoms with E-state index in [2.05, 4.69) is 20.3 Å². The van der Waals surface area contributed by atoms with E-state index < -0.39 is 74.5 Å². The maximum atomic E-state index is 14.6. The van der Waals surface area contributed by atoms with Crippen LogP contribution in [0.3, 0.4) is 0 Å². The van der Waals surface area contributed by atoms with E-state index in [1.807, 2.05) is 32.0 Å². The lowest BCUT2D eigenvalue weighted by atomic mass is 9.85. The standard InChI is InChI=1S/C38H55N5O10S/c1-10-37(16-17-37)53-54(48,49)42-33(46)38(15-13-23(2)21-38)41-30(44)28-20-26(51-31-27-12-11-25(50-9)19-24(27)14-18-39-31)22-43(28)32(45)29(35(3,4)5)40-34(47)52-36(6,7)8/h11-12,14,18-19,23,26,28-29H,10,13,15-17,20-22H2,1-9H3,(H,40,47)(H,41,44)(H,42,46)/t23?,26-,28+,29-,38-/m1/s1. The highest BCUT2D eigenvalue weighted by molar-refractivity contribution is 7.85. The summed E-state index contributed by atoms with van der Waals surface area (Å²) in [4.78, 5) is 61.7. The van der Waals surface area contributed by atoms with Crippen LogP contribution in [0, 0.1) is 11.3 Å². The SMILES string of the molecule is CCC1(OS(=O)(=O)NC(=O)[C@@]2(NC(=O)[C@@H]3C[C@@H](Oc4nccc5cc(OC)ccc45)CN3C(=O)[C@@H](NC(=O)OC(C)(C)C)C(C)(C)C)CCC(C)C2)CC1. The minimum atomic E-state index is -4.48. The molecule has 2 aliphatic carbocycles. The predicted molar refractivity (Wildman–Crippen MR) is 200 cm³/mol. The molecule has 4 amide bonds. The highest BCUT2D eigenvalue weighted by Gasteiger charge is 2.52. The number of benzene rings is 1. The molecule has 1 aromatic heterocycles. The average molecular weight is 774 g/mol. The first kappa shape index (κ1) is 41.0. The predicted octanol–water partition coefficient (Wildman–Crippen LogP) is 4.53. The molecule has 0 radical (unpaired) electrons. The molecule has 1 saturated heterocycles. The fourth-order valence-corrected chi connectivity index (χ4v) is 8.42. The van der Waals surface area contributed by atoms with Gasteiger partial charge in [0.1, 0.15) is 35.1 Å². The molecule has 2 heterocycles. The van der Waals surface area contributed by atoms with Crippen LogP contribution >= 0.6 is 0 Å². The number of ether oxygens (including phenoxy) is 3. The summed E-state index contributed by atoms with van der Waals surface area (Å²) in [6.07, 6.45) is 2.58. The molecule has 5 atom stereocenters. The molecule has 298 valence electrons. The van der Waals surface area contributed by atoms with Crippen molar-refractivity contribution in [1.29, 1.82) is 0 Å². The first-order valence-corrected chi connectivity index (χ1v) is 20.0. The van der Waals surface area contributed by atoms with Crippen molar-refractivity contribution in [3.05, 3.63) is 30.5 Å². The van der Waals surface area contributed by atoms with Crippen molar-refractivity contribution in [3.63, 3.8) is 0 Å². The molecule has 54 heavy (non-hydrogen) atoms. The number of methoxy groups -OCH3 is 1. The van der Waals surface area contributed by atoms with Gasteiger partial charge in [0.15, 0.2) is 0 Å². The minimum Gasteiger partial charge on any atom is -0.497 e. The van der Waals surface area contributed by atoms with Gasteiger partial charge in [-0.25, -0.2) is 18.7 Å². The van der Waals surface area contributed by atoms with Gasteiger partial charge in [-0.05, 0) is 100 Å². The highest BCUT2D eigenvalue weighted by atomic mass is 32.2. The number of nitrogens with one attached hydrogen (secondary N) is 3. The Hall–Kier alpha value is -4.18. The monoisotopic (exact) mass is 773 g/mol. The molecule has 5 rings (SSSR count). The number of pyridine rings is 1. The summed E-state index contributed by atoms with van der Waals surface area (Å²) in [6, 6.07) is 4.96. The van der Waals surface area contributed by atoms with Crippen LogP contribution in [0.15, 0.2) is 30.5 Å². The van der Waals surface area contributed by atoms with E-state index in [4.69, 9.17) is 18.4 Å². The quantitative estimate of drug-likeness (QED) is 0.275. The third-order valence-corrected chi connectivity index (χ3v) is 11.4. The van der Waals surface area contributed by atoms with Crippen molar-refractivity contribution in [2.24, 2.45) is 11.3 Å². The topological polar surface area (TPSA) is 192 Å². The second-order valence-corrected chi connectivity index (χ2v) is 18.3. The Morgan fingerprint density at radius 2 is 1.76 bits per heavy atom. The zero-order valence-corrected chi connectivity index (χ0v) is 33.6. The van der Waals surface area contributed by atoms with Gasteiger partial charge >= 0.3 is 16.4 Å². The largest absolute Gasteiger partial charge is 0.497 e. The third kappa shape index (κ3) is 9.54. The van der Waals surface area contributed by atoms with Crippen LogP contribution in [-0.2, 0) is 33.6 Å². The number of fused-ring (bicyclic) bond motifs is 1. The summed E-state index contributed by atoms with van der Waals surface area (Å²) in [6.45, 7) is 14.2. The maximum absolute atomic E-state index is 14.6. The Kier molecular flexibility index (Phi) is 11.5. The Bertz CT molecular complexity index is 1870. The molecule has 1 unspecified atom stereocenters. The molecule has 3 fully saturated rings. The number of likely N-dealkylation sites (tertiary alicyclic amines) is 1. The van der Waals surface area contributed by atoms with Crippen molar-refractivity contribution >= 4 is 44.9 Å². The molecule has 1 aromatic carbocycles. The zero-order chi connectivity index (χ0) is 39.9. The summed E-state index contributed by atoms with van der Waals surface area (Å²) in [5.74, 6) is -1.19. The molecule has 3 N–H and O–H groups in total. The number of aromatic nitrogens is 1. The molecule has 1 aliphatic heterocycles. The molecular weight excluding hydrogens is 719 g/mol. The van der Waals surface area contributed by atoms with Gasteiger partial charge < -0.3 is 29.7 Å². The summed E-state index contributed by atoms with van der Waals surface area (Å²) in [7, 11) is -2.91. The molecule has 2 aromatic rings. The van der Waals surface area contributed by atoms with Crippen LogP contribution in [-0.4, -0.2) is 90.7 Å². The van der Waals surface area contributed by atoms with E-state index in [-0.39, 0.29) is 31.7 Å². The minimum absolute atomic E-state index is 0.0122. The van der Waals surface area contributed by atoms with Crippen molar-refractivity contribution < 1.29 is 46.0 Å². The normalized spacial score (nSPS) is 24.4. The van der Waals surface area contributed by atoms with Crippen LogP contribution in [0.5, 0.6) is 11.6 Å². The van der Waals surface area contributed by atoms with Gasteiger partial charge in [-0.1, -0.05) is 34.6 Å². The molecule has 0 bridgehead atoms. The van der Waals surface area contributed by atoms with Gasteiger partial charge in [0.2, 0.25) is 17.7 Å². The second kappa shape index (κ2) is 15.2. The van der Waals surface area contributed by atoms with Gasteiger partial charge in [0, 0.05) is 18.0 Å². The van der Waals surface area contributed by atoms with E-state index in [1.54, 1.807) is 60.9 Å². The van der Waals surface area contributed by atoms with E-state index in [0.29, 0.717) is 42.7 Å². The molecule has 15 nitrogen and oxygen atoms in total. The van der Waals surface area contributed by atoms with Gasteiger partial charge in [-0.3, -0.25) is 14.4 Å². The fraction of sp³-hybridized carbons (Fsp3) is 0.658. The molecule has 3 aliphatic rings. The summed E-state index contributed by atoms with van der Waals surface area (Å²) in [5.41, 5.74) is -4.06. The first-order valence-electron chi connectivity index (χ1n) is 18.6. The lowest BCUT2D eigenvalue weighted by molar-refractivity contribution is -0.143. The van der Waals surface area contributed by atoms with E-state index in [0.717, 1.165) is 5.39 Å². The fourth-order valence-electron chi connectivity index (χ4n) is 7.21. The number of rotatable bonds is 12. The van der Waals surface area contributed by atoms with Crippen LogP contribution in [0.2, 0.25) is 0 Å². The smallest absolute Gasteiger partial charge is 0.408 e. The van der Waals surface area contributed by atoms with Crippen LogP contribution in [0.4, 0.5) is 4.79 Å². The maximum Gasteiger partial charge on any atom is 0.408 e.